The Morgan fingerprint density at radius 2 is 1.91 bits per heavy atom. The van der Waals surface area contributed by atoms with E-state index in [4.69, 9.17) is 4.74 Å². The lowest BCUT2D eigenvalue weighted by Crippen LogP contribution is -2.26. The highest BCUT2D eigenvalue weighted by atomic mass is 32.2. The minimum Gasteiger partial charge on any atom is -0.506 e. The molecular weight excluding hydrogens is 448 g/mol. The number of thiazole rings is 1. The number of aromatic nitrogens is 1. The van der Waals surface area contributed by atoms with Crippen LogP contribution in [0.5, 0.6) is 5.75 Å². The number of fused-ring (bicyclic) bond motifs is 1. The molecule has 1 atom stereocenters. The largest absolute Gasteiger partial charge is 0.506 e. The second-order valence-electron chi connectivity index (χ2n) is 7.85. The van der Waals surface area contributed by atoms with Gasteiger partial charge >= 0.3 is 4.87 Å². The molecule has 3 aromatic rings. The van der Waals surface area contributed by atoms with E-state index in [0.717, 1.165) is 21.6 Å². The molecule has 0 radical (unpaired) electrons. The lowest BCUT2D eigenvalue weighted by Gasteiger charge is -2.12. The fourth-order valence-corrected chi connectivity index (χ4v) is 5.58. The third-order valence-corrected chi connectivity index (χ3v) is 7.98. The zero-order valence-corrected chi connectivity index (χ0v) is 19.8. The number of hydrogen-bond acceptors (Lipinski definition) is 7. The third kappa shape index (κ3) is 7.16. The standard InChI is InChI=1S/C23H30N2O5S2/c1-17(18-6-3-2-4-7-18)16-30-13-5-14-32(28,29)15-12-24-11-10-19-8-9-20(26)21-22(19)31-23(27)25-21/h2-4,6-9,17,24,26H,5,10-16H2,1H3,(H,25,27)/t17-/m0/s1. The van der Waals surface area contributed by atoms with Gasteiger partial charge in [-0.05, 0) is 36.6 Å². The molecule has 3 N–H and O–H groups in total. The van der Waals surface area contributed by atoms with Crippen LogP contribution in [0.3, 0.4) is 0 Å². The molecule has 9 heteroatoms. The van der Waals surface area contributed by atoms with E-state index in [0.29, 0.717) is 44.7 Å². The van der Waals surface area contributed by atoms with Crippen molar-refractivity contribution >= 4 is 31.4 Å². The van der Waals surface area contributed by atoms with Gasteiger partial charge in [-0.25, -0.2) is 8.42 Å². The van der Waals surface area contributed by atoms with Crippen LogP contribution in [0, 0.1) is 0 Å². The molecule has 0 aliphatic rings. The highest BCUT2D eigenvalue weighted by Crippen LogP contribution is 2.27. The summed E-state index contributed by atoms with van der Waals surface area (Å²) in [4.78, 5) is 14.0. The maximum atomic E-state index is 12.2. The Balaban J connectivity index is 1.31. The zero-order chi connectivity index (χ0) is 23.0. The molecule has 0 saturated carbocycles. The van der Waals surface area contributed by atoms with E-state index in [-0.39, 0.29) is 28.0 Å². The van der Waals surface area contributed by atoms with Gasteiger partial charge in [0.15, 0.2) is 9.84 Å². The summed E-state index contributed by atoms with van der Waals surface area (Å²) in [6, 6.07) is 13.5. The summed E-state index contributed by atoms with van der Waals surface area (Å²) >= 11 is 1.07. The van der Waals surface area contributed by atoms with Gasteiger partial charge in [-0.1, -0.05) is 54.7 Å². The average Bonchev–Trinajstić information content (AvgIpc) is 3.17. The first-order chi connectivity index (χ1) is 15.4. The number of rotatable bonds is 13. The average molecular weight is 479 g/mol. The number of benzene rings is 2. The summed E-state index contributed by atoms with van der Waals surface area (Å²) in [6.07, 6.45) is 1.12. The Kier molecular flexibility index (Phi) is 8.86. The Hall–Kier alpha value is -2.20. The summed E-state index contributed by atoms with van der Waals surface area (Å²) in [5, 5.41) is 13.0. The first-order valence-electron chi connectivity index (χ1n) is 10.7. The van der Waals surface area contributed by atoms with Crippen molar-refractivity contribution in [3.8, 4) is 5.75 Å². The van der Waals surface area contributed by atoms with E-state index < -0.39 is 9.84 Å². The summed E-state index contributed by atoms with van der Waals surface area (Å²) in [7, 11) is -3.14. The molecule has 0 aliphatic heterocycles. The quantitative estimate of drug-likeness (QED) is 0.326. The first-order valence-corrected chi connectivity index (χ1v) is 13.4. The van der Waals surface area contributed by atoms with Crippen molar-refractivity contribution in [2.75, 3.05) is 37.8 Å². The van der Waals surface area contributed by atoms with Crippen molar-refractivity contribution in [2.24, 2.45) is 0 Å². The van der Waals surface area contributed by atoms with Gasteiger partial charge in [0.05, 0.1) is 22.8 Å². The van der Waals surface area contributed by atoms with Gasteiger partial charge < -0.3 is 20.1 Å². The van der Waals surface area contributed by atoms with Gasteiger partial charge in [-0.2, -0.15) is 0 Å². The topological polar surface area (TPSA) is 108 Å². The van der Waals surface area contributed by atoms with Crippen molar-refractivity contribution in [1.29, 1.82) is 0 Å². The Morgan fingerprint density at radius 1 is 1.12 bits per heavy atom. The van der Waals surface area contributed by atoms with Gasteiger partial charge in [-0.3, -0.25) is 4.79 Å². The molecule has 0 fully saturated rings. The molecule has 0 aliphatic carbocycles. The molecule has 2 aromatic carbocycles. The minimum atomic E-state index is -3.14. The second-order valence-corrected chi connectivity index (χ2v) is 11.1. The van der Waals surface area contributed by atoms with E-state index >= 15 is 0 Å². The van der Waals surface area contributed by atoms with Crippen molar-refractivity contribution in [1.82, 2.24) is 10.3 Å². The van der Waals surface area contributed by atoms with E-state index in [1.54, 1.807) is 12.1 Å². The van der Waals surface area contributed by atoms with Crippen LogP contribution in [0.2, 0.25) is 0 Å². The SMILES string of the molecule is C[C@@H](COCCCS(=O)(=O)CCNCCc1ccc(O)c2[nH]c(=O)sc12)c1ccccc1. The van der Waals surface area contributed by atoms with E-state index in [1.807, 2.05) is 18.2 Å². The maximum Gasteiger partial charge on any atom is 0.305 e. The van der Waals surface area contributed by atoms with Crippen LogP contribution in [0.25, 0.3) is 10.2 Å². The van der Waals surface area contributed by atoms with Crippen LogP contribution in [-0.4, -0.2) is 56.3 Å². The van der Waals surface area contributed by atoms with Crippen molar-refractivity contribution in [3.63, 3.8) is 0 Å². The normalized spacial score (nSPS) is 12.9. The number of aromatic hydroxyl groups is 1. The zero-order valence-electron chi connectivity index (χ0n) is 18.2. The number of ether oxygens (including phenoxy) is 1. The summed E-state index contributed by atoms with van der Waals surface area (Å²) in [6.45, 7) is 4.06. The Labute approximate surface area is 192 Å². The van der Waals surface area contributed by atoms with Crippen LogP contribution in [0.15, 0.2) is 47.3 Å². The molecule has 0 spiro atoms. The van der Waals surface area contributed by atoms with Crippen LogP contribution in [-0.2, 0) is 21.0 Å². The molecule has 0 amide bonds. The highest BCUT2D eigenvalue weighted by molar-refractivity contribution is 7.91. The predicted octanol–water partition coefficient (Wildman–Crippen LogP) is 3.05. The maximum absolute atomic E-state index is 12.2. The first kappa shape index (κ1) is 24.4. The third-order valence-electron chi connectivity index (χ3n) is 5.28. The molecule has 174 valence electrons. The number of phenolic OH excluding ortho intramolecular Hbond substituents is 1. The highest BCUT2D eigenvalue weighted by Gasteiger charge is 2.12. The molecular formula is C23H30N2O5S2. The van der Waals surface area contributed by atoms with Gasteiger partial charge in [0.1, 0.15) is 11.3 Å². The fraction of sp³-hybridized carbons (Fsp3) is 0.435. The molecule has 1 heterocycles. The van der Waals surface area contributed by atoms with Crippen LogP contribution in [0.1, 0.15) is 30.4 Å². The molecule has 32 heavy (non-hydrogen) atoms. The smallest absolute Gasteiger partial charge is 0.305 e. The number of H-pyrrole nitrogens is 1. The van der Waals surface area contributed by atoms with Gasteiger partial charge in [0, 0.05) is 19.1 Å². The Morgan fingerprint density at radius 3 is 2.69 bits per heavy atom. The van der Waals surface area contributed by atoms with Crippen LogP contribution < -0.4 is 10.2 Å². The molecule has 0 bridgehead atoms. The summed E-state index contributed by atoms with van der Waals surface area (Å²) in [5.74, 6) is 0.527. The summed E-state index contributed by atoms with van der Waals surface area (Å²) in [5.41, 5.74) is 2.61. The summed E-state index contributed by atoms with van der Waals surface area (Å²) < 4.78 is 30.9. The van der Waals surface area contributed by atoms with Crippen molar-refractivity contribution < 1.29 is 18.3 Å². The number of sulfone groups is 1. The second kappa shape index (κ2) is 11.6. The molecule has 7 nitrogen and oxygen atoms in total. The van der Waals surface area contributed by atoms with Gasteiger partial charge in [0.25, 0.3) is 0 Å². The number of aromatic amines is 1. The number of hydrogen-bond donors (Lipinski definition) is 3. The van der Waals surface area contributed by atoms with E-state index in [9.17, 15) is 18.3 Å². The molecule has 3 rings (SSSR count). The van der Waals surface area contributed by atoms with Crippen molar-refractivity contribution in [2.45, 2.75) is 25.7 Å². The van der Waals surface area contributed by atoms with Gasteiger partial charge in [0.2, 0.25) is 0 Å². The Bertz CT molecular complexity index is 1160. The van der Waals surface area contributed by atoms with Crippen LogP contribution >= 0.6 is 11.3 Å². The van der Waals surface area contributed by atoms with Gasteiger partial charge in [-0.15, -0.1) is 0 Å². The monoisotopic (exact) mass is 478 g/mol. The number of nitrogens with one attached hydrogen (secondary N) is 2. The van der Waals surface area contributed by atoms with E-state index in [2.05, 4.69) is 29.4 Å². The lowest BCUT2D eigenvalue weighted by atomic mass is 10.0. The predicted molar refractivity (Wildman–Crippen MR) is 130 cm³/mol. The van der Waals surface area contributed by atoms with E-state index in [1.165, 1.54) is 5.56 Å². The molecule has 1 aromatic heterocycles. The number of phenols is 1. The molecule has 0 saturated heterocycles. The minimum absolute atomic E-state index is 0.0552. The fourth-order valence-electron chi connectivity index (χ4n) is 3.47. The van der Waals surface area contributed by atoms with Crippen molar-refractivity contribution in [3.05, 3.63) is 63.3 Å². The van der Waals surface area contributed by atoms with Crippen LogP contribution in [0.4, 0.5) is 0 Å². The molecule has 0 unspecified atom stereocenters. The lowest BCUT2D eigenvalue weighted by molar-refractivity contribution is 0.124.